The number of fused-ring (bicyclic) bond motifs is 1. The number of allylic oxidation sites excluding steroid dienone is 1. The third kappa shape index (κ3) is 0.914. The van der Waals surface area contributed by atoms with Gasteiger partial charge in [0, 0.05) is 18.2 Å². The third-order valence-corrected chi connectivity index (χ3v) is 1.65. The van der Waals surface area contributed by atoms with Crippen LogP contribution in [0, 0.1) is 0 Å². The Kier molecular flexibility index (Phi) is 1.24. The normalized spacial score (nSPS) is 13.6. The molecule has 3 nitrogen and oxygen atoms in total. The lowest BCUT2D eigenvalue weighted by molar-refractivity contribution is 0.567. The molecule has 0 radical (unpaired) electrons. The van der Waals surface area contributed by atoms with E-state index in [2.05, 4.69) is 10.3 Å². The van der Waals surface area contributed by atoms with Gasteiger partial charge in [0.05, 0.1) is 0 Å². The van der Waals surface area contributed by atoms with Crippen molar-refractivity contribution >= 4 is 11.8 Å². The van der Waals surface area contributed by atoms with E-state index in [0.29, 0.717) is 12.1 Å². The molecule has 0 saturated carbocycles. The first-order chi connectivity index (χ1) is 5.40. The number of pyridine rings is 1. The maximum atomic E-state index is 10.2. The van der Waals surface area contributed by atoms with Gasteiger partial charge < -0.3 is 5.32 Å². The maximum absolute atomic E-state index is 10.2. The molecular weight excluding hydrogens is 140 g/mol. The lowest BCUT2D eigenvalue weighted by Gasteiger charge is -1.92. The lowest BCUT2D eigenvalue weighted by atomic mass is 10.2. The molecule has 0 bridgehead atoms. The molecule has 3 heteroatoms. The van der Waals surface area contributed by atoms with Crippen molar-refractivity contribution in [2.75, 3.05) is 5.32 Å². The van der Waals surface area contributed by atoms with Gasteiger partial charge in [-0.25, -0.2) is 9.78 Å². The van der Waals surface area contributed by atoms with Crippen LogP contribution in [-0.4, -0.2) is 10.9 Å². The van der Waals surface area contributed by atoms with Crippen LogP contribution in [-0.2, 0) is 11.2 Å². The second-order valence-electron chi connectivity index (χ2n) is 2.39. The second-order valence-corrected chi connectivity index (χ2v) is 2.39. The molecule has 2 heterocycles. The van der Waals surface area contributed by atoms with E-state index < -0.39 is 0 Å². The Labute approximate surface area is 63.8 Å². The van der Waals surface area contributed by atoms with Crippen LogP contribution >= 0.6 is 0 Å². The Morgan fingerprint density at radius 2 is 2.55 bits per heavy atom. The fourth-order valence-electron chi connectivity index (χ4n) is 1.13. The molecule has 1 aliphatic heterocycles. The molecule has 11 heavy (non-hydrogen) atoms. The maximum Gasteiger partial charge on any atom is 0.146 e. The summed E-state index contributed by atoms with van der Waals surface area (Å²) < 4.78 is 0. The molecule has 1 N–H and O–H groups in total. The molecule has 1 aromatic rings. The SMILES string of the molecule is O=C=C1Cc2cccnc2N1. The number of rotatable bonds is 0. The molecule has 0 aliphatic carbocycles. The average molecular weight is 146 g/mol. The summed E-state index contributed by atoms with van der Waals surface area (Å²) in [6.07, 6.45) is 2.33. The van der Waals surface area contributed by atoms with Crippen molar-refractivity contribution in [1.82, 2.24) is 4.98 Å². The van der Waals surface area contributed by atoms with Crippen molar-refractivity contribution in [3.05, 3.63) is 29.6 Å². The van der Waals surface area contributed by atoms with Crippen LogP contribution in [0.25, 0.3) is 0 Å². The number of aromatic nitrogens is 1. The summed E-state index contributed by atoms with van der Waals surface area (Å²) in [6.45, 7) is 0. The zero-order valence-corrected chi connectivity index (χ0v) is 5.79. The van der Waals surface area contributed by atoms with E-state index in [1.54, 1.807) is 6.20 Å². The Hall–Kier alpha value is -1.60. The van der Waals surface area contributed by atoms with Crippen LogP contribution in [0.2, 0.25) is 0 Å². The molecule has 0 spiro atoms. The molecule has 0 unspecified atom stereocenters. The minimum Gasteiger partial charge on any atom is -0.334 e. The highest BCUT2D eigenvalue weighted by Crippen LogP contribution is 2.22. The lowest BCUT2D eigenvalue weighted by Crippen LogP contribution is -1.92. The van der Waals surface area contributed by atoms with Gasteiger partial charge in [-0.3, -0.25) is 0 Å². The van der Waals surface area contributed by atoms with Crippen molar-refractivity contribution in [2.24, 2.45) is 0 Å². The summed E-state index contributed by atoms with van der Waals surface area (Å²) in [5.74, 6) is 2.61. The molecule has 0 fully saturated rings. The Balaban J connectivity index is 2.48. The zero-order chi connectivity index (χ0) is 7.68. The van der Waals surface area contributed by atoms with Crippen molar-refractivity contribution in [1.29, 1.82) is 0 Å². The summed E-state index contributed by atoms with van der Waals surface area (Å²) in [4.78, 5) is 14.3. The van der Waals surface area contributed by atoms with Gasteiger partial charge in [0.2, 0.25) is 0 Å². The van der Waals surface area contributed by atoms with Crippen molar-refractivity contribution in [2.45, 2.75) is 6.42 Å². The van der Waals surface area contributed by atoms with Gasteiger partial charge in [0.25, 0.3) is 0 Å². The van der Waals surface area contributed by atoms with Crippen LogP contribution < -0.4 is 5.32 Å². The largest absolute Gasteiger partial charge is 0.334 e. The first kappa shape index (κ1) is 6.13. The standard InChI is InChI=1S/C8H6N2O/c11-5-7-4-6-2-1-3-9-8(6)10-7/h1-3H,4H2,(H,9,10). The number of nitrogens with zero attached hydrogens (tertiary/aromatic N) is 1. The average Bonchev–Trinajstić information content (AvgIpc) is 2.46. The van der Waals surface area contributed by atoms with Crippen molar-refractivity contribution in [3.63, 3.8) is 0 Å². The van der Waals surface area contributed by atoms with Gasteiger partial charge in [-0.2, -0.15) is 0 Å². The minimum absolute atomic E-state index is 0.568. The topological polar surface area (TPSA) is 42.0 Å². The number of hydrogen-bond donors (Lipinski definition) is 1. The van der Waals surface area contributed by atoms with E-state index in [1.807, 2.05) is 18.1 Å². The van der Waals surface area contributed by atoms with Gasteiger partial charge in [0.15, 0.2) is 0 Å². The van der Waals surface area contributed by atoms with Gasteiger partial charge in [-0.05, 0) is 6.07 Å². The van der Waals surface area contributed by atoms with Crippen LogP contribution in [0.4, 0.5) is 5.82 Å². The summed E-state index contributed by atoms with van der Waals surface area (Å²) in [6, 6.07) is 3.80. The summed E-state index contributed by atoms with van der Waals surface area (Å²) in [5.41, 5.74) is 1.63. The number of hydrogen-bond acceptors (Lipinski definition) is 3. The third-order valence-electron chi connectivity index (χ3n) is 1.65. The predicted molar refractivity (Wildman–Crippen MR) is 40.8 cm³/mol. The molecule has 0 aromatic carbocycles. The first-order valence-electron chi connectivity index (χ1n) is 3.35. The molecule has 1 aliphatic rings. The van der Waals surface area contributed by atoms with E-state index in [0.717, 1.165) is 11.4 Å². The van der Waals surface area contributed by atoms with Crippen LogP contribution in [0.5, 0.6) is 0 Å². The highest BCUT2D eigenvalue weighted by molar-refractivity contribution is 5.68. The van der Waals surface area contributed by atoms with Gasteiger partial charge in [-0.1, -0.05) is 6.07 Å². The van der Waals surface area contributed by atoms with Gasteiger partial charge in [0.1, 0.15) is 17.5 Å². The quantitative estimate of drug-likeness (QED) is 0.549. The Morgan fingerprint density at radius 1 is 1.64 bits per heavy atom. The monoisotopic (exact) mass is 146 g/mol. The molecular formula is C8H6N2O. The zero-order valence-electron chi connectivity index (χ0n) is 5.79. The Bertz CT molecular complexity index is 313. The molecule has 0 atom stereocenters. The van der Waals surface area contributed by atoms with Crippen LogP contribution in [0.3, 0.4) is 0 Å². The van der Waals surface area contributed by atoms with Crippen molar-refractivity contribution in [3.8, 4) is 0 Å². The summed E-state index contributed by atoms with van der Waals surface area (Å²) in [5, 5.41) is 2.87. The van der Waals surface area contributed by atoms with Crippen molar-refractivity contribution < 1.29 is 4.79 Å². The van der Waals surface area contributed by atoms with E-state index in [1.165, 1.54) is 0 Å². The number of anilines is 1. The van der Waals surface area contributed by atoms with Gasteiger partial charge >= 0.3 is 0 Å². The summed E-state index contributed by atoms with van der Waals surface area (Å²) >= 11 is 0. The molecule has 1 aromatic heterocycles. The number of carbonyl (C=O) groups excluding carboxylic acids is 1. The highest BCUT2D eigenvalue weighted by Gasteiger charge is 2.14. The van der Waals surface area contributed by atoms with E-state index in [9.17, 15) is 4.79 Å². The van der Waals surface area contributed by atoms with Crippen LogP contribution in [0.15, 0.2) is 24.0 Å². The smallest absolute Gasteiger partial charge is 0.146 e. The fraction of sp³-hybridized carbons (Fsp3) is 0.125. The highest BCUT2D eigenvalue weighted by atomic mass is 16.1. The predicted octanol–water partition coefficient (Wildman–Crippen LogP) is 0.765. The molecule has 0 amide bonds. The second kappa shape index (κ2) is 2.22. The summed E-state index contributed by atoms with van der Waals surface area (Å²) in [7, 11) is 0. The molecule has 54 valence electrons. The Morgan fingerprint density at radius 3 is 3.27 bits per heavy atom. The number of nitrogens with one attached hydrogen (secondary N) is 1. The first-order valence-corrected chi connectivity index (χ1v) is 3.35. The van der Waals surface area contributed by atoms with Crippen LogP contribution in [0.1, 0.15) is 5.56 Å². The van der Waals surface area contributed by atoms with E-state index in [-0.39, 0.29) is 0 Å². The van der Waals surface area contributed by atoms with E-state index in [4.69, 9.17) is 0 Å². The molecule has 0 saturated heterocycles. The molecule has 2 rings (SSSR count). The van der Waals surface area contributed by atoms with Gasteiger partial charge in [-0.15, -0.1) is 0 Å². The van der Waals surface area contributed by atoms with E-state index >= 15 is 0 Å². The minimum atomic E-state index is 0.568. The fourth-order valence-corrected chi connectivity index (χ4v) is 1.13.